The molecule has 16 heteroatoms. The molecule has 7 rings (SSSR count). The van der Waals surface area contributed by atoms with Crippen LogP contribution in [0.15, 0.2) is 59.4 Å². The number of carbonyl (C=O) groups is 7. The highest BCUT2D eigenvalue weighted by atomic mass is 19.1. The second kappa shape index (κ2) is 18.0. The summed E-state index contributed by atoms with van der Waals surface area (Å²) in [7, 11) is 0. The predicted molar refractivity (Wildman–Crippen MR) is 226 cm³/mol. The van der Waals surface area contributed by atoms with E-state index >= 15 is 0 Å². The zero-order valence-electron chi connectivity index (χ0n) is 35.5. The number of carbonyl (C=O) groups excluding carboxylic acids is 7. The quantitative estimate of drug-likeness (QED) is 0.0687. The molecule has 15 nitrogen and oxygen atoms in total. The van der Waals surface area contributed by atoms with Crippen LogP contribution in [0, 0.1) is 18.7 Å². The zero-order valence-corrected chi connectivity index (χ0v) is 35.5. The molecular formula is C47H48FN5O10. The molecule has 0 bridgehead atoms. The van der Waals surface area contributed by atoms with E-state index in [0.717, 1.165) is 4.90 Å². The lowest BCUT2D eigenvalue weighted by molar-refractivity contribution is -0.172. The lowest BCUT2D eigenvalue weighted by atomic mass is 9.86. The average molecular weight is 862 g/mol. The van der Waals surface area contributed by atoms with Gasteiger partial charge in [-0.05, 0) is 74.1 Å². The van der Waals surface area contributed by atoms with Gasteiger partial charge in [-0.25, -0.2) is 14.2 Å². The van der Waals surface area contributed by atoms with Gasteiger partial charge in [0.2, 0.25) is 5.91 Å². The van der Waals surface area contributed by atoms with Crippen LogP contribution in [0.2, 0.25) is 0 Å². The van der Waals surface area contributed by atoms with E-state index in [1.54, 1.807) is 64.1 Å². The van der Waals surface area contributed by atoms with Crippen molar-refractivity contribution in [1.82, 2.24) is 25.1 Å². The van der Waals surface area contributed by atoms with Crippen molar-refractivity contribution in [3.8, 4) is 11.4 Å². The molecule has 4 amide bonds. The van der Waals surface area contributed by atoms with E-state index in [2.05, 4.69) is 10.6 Å². The normalized spacial score (nSPS) is 17.2. The molecule has 3 N–H and O–H groups in total. The first-order chi connectivity index (χ1) is 30.0. The van der Waals surface area contributed by atoms with E-state index in [1.807, 2.05) is 0 Å². The summed E-state index contributed by atoms with van der Waals surface area (Å²) in [4.78, 5) is 108. The number of hydrogen-bond donors (Lipinski definition) is 3. The van der Waals surface area contributed by atoms with Crippen molar-refractivity contribution < 1.29 is 47.8 Å². The van der Waals surface area contributed by atoms with Crippen LogP contribution in [-0.4, -0.2) is 73.3 Å². The van der Waals surface area contributed by atoms with Gasteiger partial charge in [-0.15, -0.1) is 0 Å². The number of aromatic nitrogens is 2. The summed E-state index contributed by atoms with van der Waals surface area (Å²) in [5.41, 5.74) is 1.34. The monoisotopic (exact) mass is 861 g/mol. The minimum atomic E-state index is -2.02. The number of aliphatic hydroxyl groups is 1. The highest BCUT2D eigenvalue weighted by Crippen LogP contribution is 2.40. The van der Waals surface area contributed by atoms with Gasteiger partial charge in [-0.2, -0.15) is 0 Å². The van der Waals surface area contributed by atoms with Gasteiger partial charge in [0, 0.05) is 78.6 Å². The molecule has 0 spiro atoms. The third-order valence-corrected chi connectivity index (χ3v) is 12.2. The van der Waals surface area contributed by atoms with E-state index in [4.69, 9.17) is 9.72 Å². The van der Waals surface area contributed by atoms with Crippen LogP contribution in [-0.2, 0) is 65.2 Å². The molecule has 0 aliphatic carbocycles. The first-order valence-corrected chi connectivity index (χ1v) is 21.0. The Morgan fingerprint density at radius 3 is 2.38 bits per heavy atom. The number of halogens is 1. The number of hydrogen-bond acceptors (Lipinski definition) is 11. The van der Waals surface area contributed by atoms with Crippen LogP contribution in [0.3, 0.4) is 0 Å². The second-order valence-corrected chi connectivity index (χ2v) is 16.5. The largest absolute Gasteiger partial charge is 0.458 e. The van der Waals surface area contributed by atoms with Crippen molar-refractivity contribution in [3.63, 3.8) is 0 Å². The van der Waals surface area contributed by atoms with Crippen LogP contribution in [0.5, 0.6) is 0 Å². The minimum Gasteiger partial charge on any atom is -0.458 e. The van der Waals surface area contributed by atoms with Gasteiger partial charge < -0.3 is 25.0 Å². The maximum absolute atomic E-state index is 14.9. The predicted octanol–water partition coefficient (Wildman–Crippen LogP) is 4.15. The number of Topliss-reactive ketones (excluding diaryl/α,β-unsaturated/α-hetero) is 2. The Balaban J connectivity index is 0.954. The smallest absolute Gasteiger partial charge is 0.343 e. The van der Waals surface area contributed by atoms with Crippen molar-refractivity contribution >= 4 is 52.1 Å². The topological polar surface area (TPSA) is 211 Å². The molecule has 5 heterocycles. The van der Waals surface area contributed by atoms with Crippen molar-refractivity contribution in [2.45, 2.75) is 104 Å². The number of amides is 4. The Hall–Kier alpha value is -6.68. The number of ketones is 2. The molecule has 0 saturated carbocycles. The van der Waals surface area contributed by atoms with E-state index in [-0.39, 0.29) is 79.9 Å². The van der Waals surface area contributed by atoms with Crippen LogP contribution in [0.1, 0.15) is 103 Å². The molecule has 0 unspecified atom stereocenters. The fraction of sp³-hybridized carbons (Fsp3) is 0.383. The third-order valence-electron chi connectivity index (χ3n) is 12.2. The van der Waals surface area contributed by atoms with Crippen LogP contribution < -0.4 is 16.2 Å². The standard InChI is InChI=1S/C47H48FN5O10/c1-5-47(62)35-20-38-42-33(23-53(38)45(60)34(35)24-63-46(47)61)32(31-18-25(2)36(48)21-37(31)51-42)22-49-44(59)29-12-10-28(11-13-29)19-39(55)27(4)50-43(58)26(3)17-30(54)9-7-6-8-16-52-40(56)14-15-41(52)57/h10-15,18,20-21,26-27,62H,5-9,16-17,19,22-24H2,1-4H3,(H,49,59)(H,50,58)/t26-,27+,47+/m1/s1. The summed E-state index contributed by atoms with van der Waals surface area (Å²) in [6, 6.07) is 10.1. The molecule has 63 heavy (non-hydrogen) atoms. The maximum atomic E-state index is 14.9. The van der Waals surface area contributed by atoms with Crippen molar-refractivity contribution in [3.05, 3.63) is 110 Å². The number of ether oxygens (including phenoxy) is 1. The first-order valence-electron chi connectivity index (χ1n) is 21.0. The molecule has 2 aromatic carbocycles. The first kappa shape index (κ1) is 44.4. The SMILES string of the molecule is CC[C@@]1(O)C(=O)OCc2c1cc1n(c2=O)Cc2c-1nc1cc(F)c(C)cc1c2CNC(=O)c1ccc(CC(=O)[C@H](C)NC(=O)[C@H](C)CC(=O)CCCCCN2C(=O)C=CC2=O)cc1. The van der Waals surface area contributed by atoms with Gasteiger partial charge in [0.1, 0.15) is 18.2 Å². The third kappa shape index (κ3) is 8.85. The van der Waals surface area contributed by atoms with Crippen molar-refractivity contribution in [2.24, 2.45) is 5.92 Å². The Labute approximate surface area is 361 Å². The molecule has 2 aromatic heterocycles. The summed E-state index contributed by atoms with van der Waals surface area (Å²) in [5, 5.41) is 17.5. The molecule has 3 aliphatic heterocycles. The van der Waals surface area contributed by atoms with E-state index < -0.39 is 46.7 Å². The van der Waals surface area contributed by atoms with E-state index in [1.165, 1.54) is 22.8 Å². The van der Waals surface area contributed by atoms with E-state index in [0.29, 0.717) is 75.9 Å². The molecular weight excluding hydrogens is 814 g/mol. The summed E-state index contributed by atoms with van der Waals surface area (Å²) in [6.45, 7) is 6.48. The highest BCUT2D eigenvalue weighted by Gasteiger charge is 2.45. The number of benzene rings is 2. The summed E-state index contributed by atoms with van der Waals surface area (Å²) in [5.74, 6) is -3.89. The number of fused-ring (bicyclic) bond motifs is 5. The average Bonchev–Trinajstić information content (AvgIpc) is 3.79. The summed E-state index contributed by atoms with van der Waals surface area (Å²) < 4.78 is 21.6. The van der Waals surface area contributed by atoms with E-state index in [9.17, 15) is 47.9 Å². The van der Waals surface area contributed by atoms with Crippen LogP contribution in [0.25, 0.3) is 22.3 Å². The molecule has 0 radical (unpaired) electrons. The van der Waals surface area contributed by atoms with Gasteiger partial charge in [0.15, 0.2) is 11.4 Å². The lowest BCUT2D eigenvalue weighted by Crippen LogP contribution is -2.44. The zero-order chi connectivity index (χ0) is 45.3. The summed E-state index contributed by atoms with van der Waals surface area (Å²) in [6.07, 6.45) is 4.47. The van der Waals surface area contributed by atoms with Crippen molar-refractivity contribution in [2.75, 3.05) is 6.54 Å². The molecule has 328 valence electrons. The number of unbranched alkanes of at least 4 members (excludes halogenated alkanes) is 2. The summed E-state index contributed by atoms with van der Waals surface area (Å²) >= 11 is 0. The number of imide groups is 1. The number of esters is 1. The Bertz CT molecular complexity index is 2670. The van der Waals surface area contributed by atoms with Crippen LogP contribution in [0.4, 0.5) is 4.39 Å². The molecule has 3 aliphatic rings. The van der Waals surface area contributed by atoms with Crippen LogP contribution >= 0.6 is 0 Å². The maximum Gasteiger partial charge on any atom is 0.343 e. The second-order valence-electron chi connectivity index (χ2n) is 16.5. The number of rotatable bonds is 17. The fourth-order valence-electron chi connectivity index (χ4n) is 8.29. The molecule has 3 atom stereocenters. The van der Waals surface area contributed by atoms with Gasteiger partial charge in [-0.3, -0.25) is 38.5 Å². The number of nitrogens with zero attached hydrogens (tertiary/aromatic N) is 3. The molecule has 0 saturated heterocycles. The highest BCUT2D eigenvalue weighted by molar-refractivity contribution is 6.12. The number of aryl methyl sites for hydroxylation is 1. The van der Waals surface area contributed by atoms with Gasteiger partial charge in [0.05, 0.1) is 35.1 Å². The minimum absolute atomic E-state index is 0.0138. The molecule has 4 aromatic rings. The Morgan fingerprint density at radius 1 is 0.968 bits per heavy atom. The number of nitrogens with one attached hydrogen (secondary N) is 2. The Morgan fingerprint density at radius 2 is 1.68 bits per heavy atom. The number of cyclic esters (lactones) is 1. The molecule has 0 fully saturated rings. The van der Waals surface area contributed by atoms with Gasteiger partial charge >= 0.3 is 5.97 Å². The fourth-order valence-corrected chi connectivity index (χ4v) is 8.29. The Kier molecular flexibility index (Phi) is 12.7. The number of pyridine rings is 2. The lowest BCUT2D eigenvalue weighted by Gasteiger charge is -2.31. The van der Waals surface area contributed by atoms with Gasteiger partial charge in [-0.1, -0.05) is 32.4 Å². The van der Waals surface area contributed by atoms with Crippen molar-refractivity contribution in [1.29, 1.82) is 0 Å². The van der Waals surface area contributed by atoms with Gasteiger partial charge in [0.25, 0.3) is 23.3 Å².